The van der Waals surface area contributed by atoms with Crippen LogP contribution in [0, 0.1) is 10.1 Å². The molecule has 1 amide bonds. The summed E-state index contributed by atoms with van der Waals surface area (Å²) in [5.41, 5.74) is 2.85. The fourth-order valence-corrected chi connectivity index (χ4v) is 5.15. The quantitative estimate of drug-likeness (QED) is 0.164. The van der Waals surface area contributed by atoms with Crippen LogP contribution in [0.1, 0.15) is 45.3 Å². The third-order valence-corrected chi connectivity index (χ3v) is 6.56. The molecular weight excluding hydrogens is 440 g/mol. The van der Waals surface area contributed by atoms with E-state index in [0.29, 0.717) is 27.3 Å². The molecule has 2 aromatic carbocycles. The first-order chi connectivity index (χ1) is 16.0. The number of nitro groups is 1. The molecule has 0 saturated carbocycles. The number of carbonyl (C=O) groups is 2. The second kappa shape index (κ2) is 9.79. The molecule has 1 aliphatic rings. The van der Waals surface area contributed by atoms with Crippen LogP contribution in [0.4, 0.5) is 10.7 Å². The maximum absolute atomic E-state index is 13.4. The molecule has 1 N–H and O–H groups in total. The van der Waals surface area contributed by atoms with Gasteiger partial charge in [0.2, 0.25) is 0 Å². The van der Waals surface area contributed by atoms with Gasteiger partial charge in [0, 0.05) is 22.6 Å². The first-order valence-electron chi connectivity index (χ1n) is 10.6. The first-order valence-corrected chi connectivity index (χ1v) is 11.4. The van der Waals surface area contributed by atoms with Crippen molar-refractivity contribution < 1.29 is 19.2 Å². The van der Waals surface area contributed by atoms with E-state index in [4.69, 9.17) is 4.74 Å². The zero-order valence-corrected chi connectivity index (χ0v) is 18.8. The highest BCUT2D eigenvalue weighted by Crippen LogP contribution is 2.40. The minimum atomic E-state index is -0.474. The van der Waals surface area contributed by atoms with E-state index in [1.54, 1.807) is 37.3 Å². The van der Waals surface area contributed by atoms with Crippen LogP contribution in [0.25, 0.3) is 11.6 Å². The van der Waals surface area contributed by atoms with Gasteiger partial charge >= 0.3 is 5.97 Å². The summed E-state index contributed by atoms with van der Waals surface area (Å²) in [4.78, 5) is 37.9. The summed E-state index contributed by atoms with van der Waals surface area (Å²) in [6.45, 7) is 2.00. The third kappa shape index (κ3) is 4.85. The summed E-state index contributed by atoms with van der Waals surface area (Å²) in [5, 5.41) is 14.6. The van der Waals surface area contributed by atoms with Crippen LogP contribution in [0.5, 0.6) is 0 Å². The van der Waals surface area contributed by atoms with Gasteiger partial charge in [-0.15, -0.1) is 11.3 Å². The molecule has 0 saturated heterocycles. The lowest BCUT2D eigenvalue weighted by molar-refractivity contribution is -0.384. The number of ether oxygens (including phenoxy) is 1. The summed E-state index contributed by atoms with van der Waals surface area (Å²) in [6.07, 6.45) is 4.25. The molecule has 0 atom stereocenters. The van der Waals surface area contributed by atoms with Gasteiger partial charge in [0.15, 0.2) is 0 Å². The van der Waals surface area contributed by atoms with E-state index in [0.717, 1.165) is 29.7 Å². The highest BCUT2D eigenvalue weighted by atomic mass is 32.1. The zero-order chi connectivity index (χ0) is 23.4. The van der Waals surface area contributed by atoms with E-state index in [1.807, 2.05) is 18.2 Å². The zero-order valence-electron chi connectivity index (χ0n) is 18.0. The Kier molecular flexibility index (Phi) is 6.65. The normalized spacial score (nSPS) is 12.8. The minimum Gasteiger partial charge on any atom is -0.462 e. The number of carbonyl (C=O) groups excluding carboxylic acids is 2. The number of fused-ring (bicyclic) bond motifs is 1. The van der Waals surface area contributed by atoms with Crippen molar-refractivity contribution in [2.75, 3.05) is 11.9 Å². The SMILES string of the molecule is CCOC(=O)c1c(NC(=O)/C(=C/c2cccc([N+](=O)[O-])c2)c2ccccc2)sc2c1CCC2. The molecule has 0 aliphatic heterocycles. The van der Waals surface area contributed by atoms with Gasteiger partial charge in [-0.25, -0.2) is 4.79 Å². The smallest absolute Gasteiger partial charge is 0.341 e. The number of nitrogens with one attached hydrogen (secondary N) is 1. The molecule has 0 unspecified atom stereocenters. The molecule has 33 heavy (non-hydrogen) atoms. The lowest BCUT2D eigenvalue weighted by atomic mass is 10.0. The van der Waals surface area contributed by atoms with Gasteiger partial charge in [0.1, 0.15) is 5.00 Å². The Balaban J connectivity index is 1.73. The van der Waals surface area contributed by atoms with E-state index < -0.39 is 16.8 Å². The molecule has 1 heterocycles. The highest BCUT2D eigenvalue weighted by Gasteiger charge is 2.29. The first kappa shape index (κ1) is 22.4. The van der Waals surface area contributed by atoms with Crippen molar-refractivity contribution in [3.05, 3.63) is 91.8 Å². The van der Waals surface area contributed by atoms with E-state index in [9.17, 15) is 19.7 Å². The number of hydrogen-bond acceptors (Lipinski definition) is 6. The number of esters is 1. The molecule has 7 nitrogen and oxygen atoms in total. The number of rotatable bonds is 7. The molecule has 1 aromatic heterocycles. The monoisotopic (exact) mass is 462 g/mol. The minimum absolute atomic E-state index is 0.0594. The fraction of sp³-hybridized carbons (Fsp3) is 0.200. The summed E-state index contributed by atoms with van der Waals surface area (Å²) in [6, 6.07) is 15.2. The van der Waals surface area contributed by atoms with Crippen LogP contribution in [-0.2, 0) is 22.4 Å². The van der Waals surface area contributed by atoms with Gasteiger partial charge in [-0.05, 0) is 49.0 Å². The highest BCUT2D eigenvalue weighted by molar-refractivity contribution is 7.17. The molecule has 8 heteroatoms. The molecule has 0 bridgehead atoms. The second-order valence-electron chi connectivity index (χ2n) is 7.51. The number of hydrogen-bond donors (Lipinski definition) is 1. The van der Waals surface area contributed by atoms with Crippen LogP contribution in [0.15, 0.2) is 54.6 Å². The molecule has 4 rings (SSSR count). The van der Waals surface area contributed by atoms with E-state index in [1.165, 1.54) is 23.5 Å². The van der Waals surface area contributed by atoms with Crippen molar-refractivity contribution in [1.82, 2.24) is 0 Å². The molecule has 0 spiro atoms. The number of thiophene rings is 1. The van der Waals surface area contributed by atoms with Crippen LogP contribution in [0.2, 0.25) is 0 Å². The van der Waals surface area contributed by atoms with Gasteiger partial charge in [-0.1, -0.05) is 42.5 Å². The van der Waals surface area contributed by atoms with Gasteiger partial charge in [-0.2, -0.15) is 0 Å². The van der Waals surface area contributed by atoms with Crippen molar-refractivity contribution >= 4 is 45.6 Å². The van der Waals surface area contributed by atoms with E-state index >= 15 is 0 Å². The molecule has 0 radical (unpaired) electrons. The van der Waals surface area contributed by atoms with Crippen molar-refractivity contribution in [3.63, 3.8) is 0 Å². The average Bonchev–Trinajstić information content (AvgIpc) is 3.39. The summed E-state index contributed by atoms with van der Waals surface area (Å²) >= 11 is 1.41. The van der Waals surface area contributed by atoms with Crippen LogP contribution in [0.3, 0.4) is 0 Å². The Morgan fingerprint density at radius 3 is 2.67 bits per heavy atom. The number of anilines is 1. The Morgan fingerprint density at radius 2 is 1.94 bits per heavy atom. The van der Waals surface area contributed by atoms with E-state index in [-0.39, 0.29) is 12.3 Å². The molecule has 0 fully saturated rings. The molecule has 3 aromatic rings. The van der Waals surface area contributed by atoms with Crippen LogP contribution in [-0.4, -0.2) is 23.4 Å². The lowest BCUT2D eigenvalue weighted by Crippen LogP contribution is -2.16. The summed E-state index contributed by atoms with van der Waals surface area (Å²) < 4.78 is 5.25. The Morgan fingerprint density at radius 1 is 1.15 bits per heavy atom. The van der Waals surface area contributed by atoms with Crippen molar-refractivity contribution in [1.29, 1.82) is 0 Å². The molecule has 1 aliphatic carbocycles. The van der Waals surface area contributed by atoms with Gasteiger partial charge in [0.25, 0.3) is 11.6 Å². The number of non-ortho nitro benzene ring substituents is 1. The largest absolute Gasteiger partial charge is 0.462 e. The Bertz CT molecular complexity index is 1250. The number of nitro benzene ring substituents is 1. The topological polar surface area (TPSA) is 98.5 Å². The van der Waals surface area contributed by atoms with Gasteiger partial charge in [0.05, 0.1) is 17.1 Å². The van der Waals surface area contributed by atoms with Crippen LogP contribution < -0.4 is 5.32 Å². The predicted octanol–water partition coefficient (Wildman–Crippen LogP) is 5.50. The average molecular weight is 463 g/mol. The maximum Gasteiger partial charge on any atom is 0.341 e. The summed E-state index contributed by atoms with van der Waals surface area (Å²) in [7, 11) is 0. The van der Waals surface area contributed by atoms with Crippen molar-refractivity contribution in [2.24, 2.45) is 0 Å². The maximum atomic E-state index is 13.4. The number of aryl methyl sites for hydroxylation is 1. The Labute approximate surface area is 194 Å². The number of nitrogens with zero attached hydrogens (tertiary/aromatic N) is 1. The Hall–Kier alpha value is -3.78. The summed E-state index contributed by atoms with van der Waals surface area (Å²) in [5.74, 6) is -0.839. The van der Waals surface area contributed by atoms with Crippen LogP contribution >= 0.6 is 11.3 Å². The predicted molar refractivity (Wildman–Crippen MR) is 128 cm³/mol. The fourth-order valence-electron chi connectivity index (χ4n) is 3.87. The van der Waals surface area contributed by atoms with Gasteiger partial charge < -0.3 is 10.1 Å². The van der Waals surface area contributed by atoms with E-state index in [2.05, 4.69) is 5.32 Å². The standard InChI is InChI=1S/C25H22N2O5S/c1-2-32-25(29)22-19-12-7-13-21(19)33-24(22)26-23(28)20(17-9-4-3-5-10-17)15-16-8-6-11-18(14-16)27(30)31/h3-6,8-11,14-15H,2,7,12-13H2,1H3,(H,26,28)/b20-15+. The van der Waals surface area contributed by atoms with Crippen molar-refractivity contribution in [2.45, 2.75) is 26.2 Å². The second-order valence-corrected chi connectivity index (χ2v) is 8.62. The number of benzene rings is 2. The lowest BCUT2D eigenvalue weighted by Gasteiger charge is -2.11. The van der Waals surface area contributed by atoms with Gasteiger partial charge in [-0.3, -0.25) is 14.9 Å². The number of amides is 1. The molecule has 168 valence electrons. The van der Waals surface area contributed by atoms with Crippen molar-refractivity contribution in [3.8, 4) is 0 Å². The molecular formula is C25H22N2O5S. The third-order valence-electron chi connectivity index (χ3n) is 5.35.